The van der Waals surface area contributed by atoms with Crippen LogP contribution in [0.4, 0.5) is 10.5 Å². The Labute approximate surface area is 202 Å². The molecule has 2 saturated heterocycles. The van der Waals surface area contributed by atoms with Crippen LogP contribution in [-0.2, 0) is 15.1 Å². The van der Waals surface area contributed by atoms with Crippen molar-refractivity contribution in [3.05, 3.63) is 58.1 Å². The number of nitrogens with zero attached hydrogens (tertiary/aromatic N) is 3. The Hall–Kier alpha value is -2.97. The fourth-order valence-electron chi connectivity index (χ4n) is 4.16. The summed E-state index contributed by atoms with van der Waals surface area (Å²) in [7, 11) is 1.62. The number of amides is 4. The van der Waals surface area contributed by atoms with Crippen molar-refractivity contribution in [2.75, 3.05) is 44.7 Å². The van der Waals surface area contributed by atoms with Gasteiger partial charge in [0.1, 0.15) is 17.8 Å². The highest BCUT2D eigenvalue weighted by molar-refractivity contribution is 6.35. The van der Waals surface area contributed by atoms with Gasteiger partial charge in [0.15, 0.2) is 0 Å². The van der Waals surface area contributed by atoms with Gasteiger partial charge in [-0.3, -0.25) is 14.5 Å². The molecule has 1 atom stereocenters. The van der Waals surface area contributed by atoms with E-state index in [-0.39, 0.29) is 17.5 Å². The van der Waals surface area contributed by atoms with E-state index in [1.54, 1.807) is 31.1 Å². The van der Waals surface area contributed by atoms with Crippen molar-refractivity contribution in [1.29, 1.82) is 0 Å². The smallest absolute Gasteiger partial charge is 0.325 e. The Bertz CT molecular complexity index is 1090. The number of imide groups is 1. The van der Waals surface area contributed by atoms with E-state index in [1.165, 1.54) is 6.07 Å². The standard InChI is InChI=1S/C23H24Cl2N4O4/c1-23(18-8-3-15(24)13-19(18)25)21(31)29(22(32)26-23)14-20(30)28-11-9-27(10-12-28)16-4-6-17(33-2)7-5-16/h3-8,13H,9-12,14H2,1-2H3,(H,26,32). The summed E-state index contributed by atoms with van der Waals surface area (Å²) in [4.78, 5) is 43.4. The summed E-state index contributed by atoms with van der Waals surface area (Å²) in [5, 5.41) is 3.36. The molecule has 4 amide bonds. The lowest BCUT2D eigenvalue weighted by molar-refractivity contribution is -0.139. The number of carbonyl (C=O) groups excluding carboxylic acids is 3. The van der Waals surface area contributed by atoms with E-state index in [9.17, 15) is 14.4 Å². The van der Waals surface area contributed by atoms with Crippen molar-refractivity contribution in [3.63, 3.8) is 0 Å². The van der Waals surface area contributed by atoms with Gasteiger partial charge in [0, 0.05) is 47.5 Å². The molecule has 10 heteroatoms. The van der Waals surface area contributed by atoms with Crippen LogP contribution in [0.3, 0.4) is 0 Å². The lowest BCUT2D eigenvalue weighted by atomic mass is 9.92. The monoisotopic (exact) mass is 490 g/mol. The number of urea groups is 1. The molecule has 2 aliphatic heterocycles. The number of hydrogen-bond donors (Lipinski definition) is 1. The number of hydrogen-bond acceptors (Lipinski definition) is 5. The first kappa shape index (κ1) is 23.2. The average molecular weight is 491 g/mol. The van der Waals surface area contributed by atoms with Gasteiger partial charge in [-0.1, -0.05) is 29.3 Å². The van der Waals surface area contributed by atoms with Crippen LogP contribution in [0.2, 0.25) is 10.0 Å². The maximum Gasteiger partial charge on any atom is 0.325 e. The Morgan fingerprint density at radius 2 is 1.73 bits per heavy atom. The van der Waals surface area contributed by atoms with E-state index in [1.807, 2.05) is 24.3 Å². The van der Waals surface area contributed by atoms with Gasteiger partial charge in [0.25, 0.3) is 5.91 Å². The zero-order valence-corrected chi connectivity index (χ0v) is 19.8. The fourth-order valence-corrected chi connectivity index (χ4v) is 4.76. The summed E-state index contributed by atoms with van der Waals surface area (Å²) in [6, 6.07) is 11.8. The third kappa shape index (κ3) is 4.45. The largest absolute Gasteiger partial charge is 0.497 e. The summed E-state index contributed by atoms with van der Waals surface area (Å²) < 4.78 is 5.19. The van der Waals surface area contributed by atoms with E-state index in [0.29, 0.717) is 36.8 Å². The molecule has 1 N–H and O–H groups in total. The maximum atomic E-state index is 13.1. The molecular weight excluding hydrogens is 467 g/mol. The molecule has 0 bridgehead atoms. The molecule has 8 nitrogen and oxygen atoms in total. The van der Waals surface area contributed by atoms with Crippen molar-refractivity contribution in [2.24, 2.45) is 0 Å². The summed E-state index contributed by atoms with van der Waals surface area (Å²) >= 11 is 12.2. The second-order valence-electron chi connectivity index (χ2n) is 8.14. The van der Waals surface area contributed by atoms with Crippen molar-refractivity contribution in [1.82, 2.24) is 15.1 Å². The number of methoxy groups -OCH3 is 1. The Morgan fingerprint density at radius 3 is 2.33 bits per heavy atom. The van der Waals surface area contributed by atoms with Gasteiger partial charge in [-0.05, 0) is 43.3 Å². The van der Waals surface area contributed by atoms with Gasteiger partial charge in [-0.2, -0.15) is 0 Å². The van der Waals surface area contributed by atoms with Gasteiger partial charge < -0.3 is 19.9 Å². The summed E-state index contributed by atoms with van der Waals surface area (Å²) in [6.07, 6.45) is 0. The van der Waals surface area contributed by atoms with E-state index in [0.717, 1.165) is 16.3 Å². The van der Waals surface area contributed by atoms with Crippen molar-refractivity contribution >= 4 is 46.7 Å². The van der Waals surface area contributed by atoms with Crippen LogP contribution >= 0.6 is 23.2 Å². The second kappa shape index (κ2) is 9.11. The van der Waals surface area contributed by atoms with Crippen LogP contribution in [0.5, 0.6) is 5.75 Å². The highest BCUT2D eigenvalue weighted by Crippen LogP contribution is 2.35. The molecule has 2 aliphatic rings. The van der Waals surface area contributed by atoms with Gasteiger partial charge in [-0.15, -0.1) is 0 Å². The molecule has 2 heterocycles. The lowest BCUT2D eigenvalue weighted by Gasteiger charge is -2.36. The quantitative estimate of drug-likeness (QED) is 0.651. The van der Waals surface area contributed by atoms with Crippen LogP contribution in [0, 0.1) is 0 Å². The summed E-state index contributed by atoms with van der Waals surface area (Å²) in [5.74, 6) is -0.0192. The first-order chi connectivity index (χ1) is 15.7. The Kier molecular flexibility index (Phi) is 6.41. The number of piperazine rings is 1. The molecule has 33 heavy (non-hydrogen) atoms. The molecule has 2 aromatic carbocycles. The van der Waals surface area contributed by atoms with Gasteiger partial charge in [0.2, 0.25) is 5.91 Å². The van der Waals surface area contributed by atoms with Crippen LogP contribution in [0.1, 0.15) is 12.5 Å². The molecule has 174 valence electrons. The number of nitrogens with one attached hydrogen (secondary N) is 1. The summed E-state index contributed by atoms with van der Waals surface area (Å²) in [5.41, 5.74) is 0.106. The van der Waals surface area contributed by atoms with E-state index < -0.39 is 17.5 Å². The van der Waals surface area contributed by atoms with Gasteiger partial charge in [-0.25, -0.2) is 4.79 Å². The van der Waals surface area contributed by atoms with E-state index in [2.05, 4.69) is 10.2 Å². The van der Waals surface area contributed by atoms with Crippen LogP contribution in [0.25, 0.3) is 0 Å². The highest BCUT2D eigenvalue weighted by atomic mass is 35.5. The molecular formula is C23H24Cl2N4O4. The molecule has 0 aliphatic carbocycles. The lowest BCUT2D eigenvalue weighted by Crippen LogP contribution is -2.52. The normalized spacial score (nSPS) is 20.8. The maximum absolute atomic E-state index is 13.1. The van der Waals surface area contributed by atoms with E-state index in [4.69, 9.17) is 27.9 Å². The first-order valence-electron chi connectivity index (χ1n) is 10.5. The molecule has 0 spiro atoms. The second-order valence-corrected chi connectivity index (χ2v) is 8.98. The van der Waals surface area contributed by atoms with Crippen LogP contribution in [0.15, 0.2) is 42.5 Å². The number of ether oxygens (including phenoxy) is 1. The zero-order valence-electron chi connectivity index (χ0n) is 18.3. The molecule has 0 saturated carbocycles. The molecule has 2 aromatic rings. The van der Waals surface area contributed by atoms with Crippen LogP contribution < -0.4 is 15.0 Å². The van der Waals surface area contributed by atoms with E-state index >= 15 is 0 Å². The Morgan fingerprint density at radius 1 is 1.06 bits per heavy atom. The minimum absolute atomic E-state index is 0.265. The topological polar surface area (TPSA) is 82.2 Å². The van der Waals surface area contributed by atoms with Gasteiger partial charge >= 0.3 is 6.03 Å². The first-order valence-corrected chi connectivity index (χ1v) is 11.2. The highest BCUT2D eigenvalue weighted by Gasteiger charge is 2.50. The number of carbonyl (C=O) groups is 3. The molecule has 0 aromatic heterocycles. The van der Waals surface area contributed by atoms with Crippen molar-refractivity contribution < 1.29 is 19.1 Å². The van der Waals surface area contributed by atoms with Crippen LogP contribution in [-0.4, -0.2) is 67.5 Å². The number of halogens is 2. The average Bonchev–Trinajstić information content (AvgIpc) is 3.02. The fraction of sp³-hybridized carbons (Fsp3) is 0.348. The number of anilines is 1. The predicted molar refractivity (Wildman–Crippen MR) is 126 cm³/mol. The molecule has 0 radical (unpaired) electrons. The zero-order chi connectivity index (χ0) is 23.8. The Balaban J connectivity index is 1.39. The predicted octanol–water partition coefficient (Wildman–Crippen LogP) is 3.12. The van der Waals surface area contributed by atoms with Crippen molar-refractivity contribution in [3.8, 4) is 5.75 Å². The SMILES string of the molecule is COc1ccc(N2CCN(C(=O)CN3C(=O)NC(C)(c4ccc(Cl)cc4Cl)C3=O)CC2)cc1. The molecule has 4 rings (SSSR count). The third-order valence-electron chi connectivity index (χ3n) is 6.11. The number of rotatable bonds is 5. The number of benzene rings is 2. The van der Waals surface area contributed by atoms with Gasteiger partial charge in [0.05, 0.1) is 7.11 Å². The third-order valence-corrected chi connectivity index (χ3v) is 6.66. The minimum atomic E-state index is -1.37. The summed E-state index contributed by atoms with van der Waals surface area (Å²) in [6.45, 7) is 3.53. The van der Waals surface area contributed by atoms with Crippen molar-refractivity contribution in [2.45, 2.75) is 12.5 Å². The molecule has 1 unspecified atom stereocenters. The molecule has 2 fully saturated rings. The minimum Gasteiger partial charge on any atom is -0.497 e.